The van der Waals surface area contributed by atoms with E-state index in [1.54, 1.807) is 0 Å². The van der Waals surface area contributed by atoms with Gasteiger partial charge in [-0.05, 0) is 19.3 Å². The maximum Gasteiger partial charge on any atom is 0.326 e. The number of carbonyl (C=O) groups is 3. The van der Waals surface area contributed by atoms with E-state index in [0.717, 1.165) is 0 Å². The highest BCUT2D eigenvalue weighted by atomic mass is 16.4. The second kappa shape index (κ2) is 6.59. The van der Waals surface area contributed by atoms with Crippen LogP contribution in [0.3, 0.4) is 0 Å². The topological polar surface area (TPSA) is 119 Å². The number of hydrogen-bond donors (Lipinski definition) is 3. The van der Waals surface area contributed by atoms with Gasteiger partial charge in [-0.1, -0.05) is 0 Å². The summed E-state index contributed by atoms with van der Waals surface area (Å²) in [6, 6.07) is 0.260. The van der Waals surface area contributed by atoms with Gasteiger partial charge in [-0.2, -0.15) is 5.26 Å². The Bertz CT molecular complexity index is 388. The summed E-state index contributed by atoms with van der Waals surface area (Å²) in [6.07, 6.45) is 1.53. The van der Waals surface area contributed by atoms with Crippen molar-refractivity contribution >= 4 is 17.8 Å². The lowest BCUT2D eigenvalue weighted by Crippen LogP contribution is -2.48. The van der Waals surface area contributed by atoms with Crippen molar-refractivity contribution in [3.63, 3.8) is 0 Å². The van der Waals surface area contributed by atoms with Gasteiger partial charge in [0.05, 0.1) is 6.07 Å². The van der Waals surface area contributed by atoms with Crippen molar-refractivity contribution in [2.45, 2.75) is 44.2 Å². The summed E-state index contributed by atoms with van der Waals surface area (Å²) in [5.41, 5.74) is 0. The number of amides is 2. The predicted molar refractivity (Wildman–Crippen MR) is 60.2 cm³/mol. The molecule has 0 spiro atoms. The number of carbonyl (C=O) groups excluding carboxylic acids is 2. The van der Waals surface area contributed by atoms with Gasteiger partial charge in [-0.15, -0.1) is 0 Å². The van der Waals surface area contributed by atoms with Gasteiger partial charge in [0, 0.05) is 12.8 Å². The number of hydrogen-bond acceptors (Lipinski definition) is 4. The van der Waals surface area contributed by atoms with E-state index in [2.05, 4.69) is 10.6 Å². The number of nitrogens with zero attached hydrogens (tertiary/aromatic N) is 1. The van der Waals surface area contributed by atoms with Crippen LogP contribution >= 0.6 is 0 Å². The third-order valence-corrected chi connectivity index (χ3v) is 2.71. The number of carboxylic acids is 1. The zero-order valence-corrected chi connectivity index (χ0v) is 9.81. The molecule has 0 radical (unpaired) electrons. The highest BCUT2D eigenvalue weighted by Crippen LogP contribution is 2.08. The molecule has 1 saturated heterocycles. The molecule has 0 aromatic carbocycles. The molecule has 1 heterocycles. The van der Waals surface area contributed by atoms with E-state index in [-0.39, 0.29) is 25.2 Å². The molecule has 1 fully saturated rings. The standard InChI is InChI=1S/C11H15N3O4/c12-6-2-1-3-8(11(17)18)14-10(16)7-4-5-9(15)13-7/h7-8H,1-5H2,(H,13,15)(H,14,16)(H,17,18)/t7-,8-/m0/s1. The van der Waals surface area contributed by atoms with Crippen LogP contribution in [0.2, 0.25) is 0 Å². The number of rotatable bonds is 6. The fourth-order valence-corrected chi connectivity index (χ4v) is 1.73. The van der Waals surface area contributed by atoms with Crippen molar-refractivity contribution in [2.75, 3.05) is 0 Å². The molecule has 0 unspecified atom stereocenters. The molecular formula is C11H15N3O4. The van der Waals surface area contributed by atoms with E-state index in [4.69, 9.17) is 10.4 Å². The second-order valence-electron chi connectivity index (χ2n) is 4.11. The summed E-state index contributed by atoms with van der Waals surface area (Å²) in [6.45, 7) is 0. The normalized spacial score (nSPS) is 19.7. The Morgan fingerprint density at radius 1 is 1.61 bits per heavy atom. The van der Waals surface area contributed by atoms with E-state index in [1.165, 1.54) is 0 Å². The summed E-state index contributed by atoms with van der Waals surface area (Å²) in [5.74, 6) is -1.82. The molecule has 0 aromatic heterocycles. The number of aliphatic carboxylic acids is 1. The molecule has 0 aliphatic carbocycles. The Morgan fingerprint density at radius 2 is 2.33 bits per heavy atom. The molecule has 2 atom stereocenters. The zero-order valence-electron chi connectivity index (χ0n) is 9.81. The van der Waals surface area contributed by atoms with Gasteiger partial charge in [0.2, 0.25) is 11.8 Å². The molecule has 2 amide bonds. The molecule has 7 nitrogen and oxygen atoms in total. The van der Waals surface area contributed by atoms with Crippen molar-refractivity contribution in [2.24, 2.45) is 0 Å². The number of nitrogens with one attached hydrogen (secondary N) is 2. The minimum Gasteiger partial charge on any atom is -0.480 e. The first-order valence-corrected chi connectivity index (χ1v) is 5.74. The lowest BCUT2D eigenvalue weighted by Gasteiger charge is -2.16. The number of nitriles is 1. The van der Waals surface area contributed by atoms with Gasteiger partial charge < -0.3 is 15.7 Å². The summed E-state index contributed by atoms with van der Waals surface area (Å²) in [5, 5.41) is 22.1. The molecular weight excluding hydrogens is 238 g/mol. The van der Waals surface area contributed by atoms with Gasteiger partial charge in [0.15, 0.2) is 0 Å². The summed E-state index contributed by atoms with van der Waals surface area (Å²) in [7, 11) is 0. The Hall–Kier alpha value is -2.10. The Kier molecular flexibility index (Phi) is 5.11. The number of unbranched alkanes of at least 4 members (excludes halogenated alkanes) is 1. The van der Waals surface area contributed by atoms with Crippen LogP contribution in [-0.2, 0) is 14.4 Å². The summed E-state index contributed by atoms with van der Waals surface area (Å²) >= 11 is 0. The van der Waals surface area contributed by atoms with E-state index in [9.17, 15) is 14.4 Å². The molecule has 0 aromatic rings. The summed E-state index contributed by atoms with van der Waals surface area (Å²) in [4.78, 5) is 33.6. The molecule has 3 N–H and O–H groups in total. The van der Waals surface area contributed by atoms with Crippen LogP contribution in [0.25, 0.3) is 0 Å². The fourth-order valence-electron chi connectivity index (χ4n) is 1.73. The highest BCUT2D eigenvalue weighted by molar-refractivity contribution is 5.92. The molecule has 0 saturated carbocycles. The van der Waals surface area contributed by atoms with Crippen LogP contribution in [0.4, 0.5) is 0 Å². The maximum atomic E-state index is 11.7. The Morgan fingerprint density at radius 3 is 2.83 bits per heavy atom. The van der Waals surface area contributed by atoms with E-state index < -0.39 is 24.0 Å². The first-order valence-electron chi connectivity index (χ1n) is 5.74. The largest absolute Gasteiger partial charge is 0.480 e. The average Bonchev–Trinajstić information content (AvgIpc) is 2.74. The quantitative estimate of drug-likeness (QED) is 0.553. The zero-order chi connectivity index (χ0) is 13.5. The minimum atomic E-state index is -1.13. The Balaban J connectivity index is 2.45. The molecule has 18 heavy (non-hydrogen) atoms. The van der Waals surface area contributed by atoms with Gasteiger partial charge >= 0.3 is 5.97 Å². The van der Waals surface area contributed by atoms with E-state index >= 15 is 0 Å². The van der Waals surface area contributed by atoms with Gasteiger partial charge in [-0.3, -0.25) is 9.59 Å². The molecule has 98 valence electrons. The van der Waals surface area contributed by atoms with Crippen molar-refractivity contribution in [1.29, 1.82) is 5.26 Å². The fraction of sp³-hybridized carbons (Fsp3) is 0.636. The third kappa shape index (κ3) is 4.05. The monoisotopic (exact) mass is 253 g/mol. The maximum absolute atomic E-state index is 11.7. The summed E-state index contributed by atoms with van der Waals surface area (Å²) < 4.78 is 0. The van der Waals surface area contributed by atoms with E-state index in [1.807, 2.05) is 6.07 Å². The molecule has 7 heteroatoms. The molecule has 1 rings (SSSR count). The first kappa shape index (κ1) is 14.0. The SMILES string of the molecule is N#CCCC[C@H](NC(=O)[C@@H]1CCC(=O)N1)C(=O)O. The lowest BCUT2D eigenvalue weighted by molar-refractivity contribution is -0.142. The van der Waals surface area contributed by atoms with Gasteiger partial charge in [0.1, 0.15) is 12.1 Å². The third-order valence-electron chi connectivity index (χ3n) is 2.71. The van der Waals surface area contributed by atoms with Gasteiger partial charge in [-0.25, -0.2) is 4.79 Å². The Labute approximate surface area is 104 Å². The van der Waals surface area contributed by atoms with Crippen molar-refractivity contribution in [1.82, 2.24) is 10.6 Å². The minimum absolute atomic E-state index is 0.202. The molecule has 1 aliphatic rings. The van der Waals surface area contributed by atoms with Crippen molar-refractivity contribution in [3.8, 4) is 6.07 Å². The van der Waals surface area contributed by atoms with Crippen LogP contribution < -0.4 is 10.6 Å². The van der Waals surface area contributed by atoms with Crippen molar-refractivity contribution < 1.29 is 19.5 Å². The van der Waals surface area contributed by atoms with Crippen LogP contribution in [-0.4, -0.2) is 35.0 Å². The van der Waals surface area contributed by atoms with Crippen LogP contribution in [0.1, 0.15) is 32.1 Å². The van der Waals surface area contributed by atoms with Gasteiger partial charge in [0.25, 0.3) is 0 Å². The number of carboxylic acid groups (broad SMARTS) is 1. The highest BCUT2D eigenvalue weighted by Gasteiger charge is 2.30. The van der Waals surface area contributed by atoms with Crippen LogP contribution in [0.15, 0.2) is 0 Å². The molecule has 0 bridgehead atoms. The van der Waals surface area contributed by atoms with E-state index in [0.29, 0.717) is 12.8 Å². The van der Waals surface area contributed by atoms with Crippen LogP contribution in [0.5, 0.6) is 0 Å². The smallest absolute Gasteiger partial charge is 0.326 e. The predicted octanol–water partition coefficient (Wildman–Crippen LogP) is -0.472. The van der Waals surface area contributed by atoms with Crippen molar-refractivity contribution in [3.05, 3.63) is 0 Å². The first-order chi connectivity index (χ1) is 8.54. The lowest BCUT2D eigenvalue weighted by atomic mass is 10.1. The van der Waals surface area contributed by atoms with Crippen LogP contribution in [0, 0.1) is 11.3 Å². The molecule has 1 aliphatic heterocycles. The second-order valence-corrected chi connectivity index (χ2v) is 4.11. The average molecular weight is 253 g/mol.